The number of aliphatic hydroxyl groups excluding tert-OH is 1. The quantitative estimate of drug-likeness (QED) is 0.798. The van der Waals surface area contributed by atoms with Crippen LogP contribution in [0.15, 0.2) is 0 Å². The zero-order valence-corrected chi connectivity index (χ0v) is 10.1. The number of halogens is 1. The molecule has 7 heteroatoms. The molecule has 0 saturated carbocycles. The fourth-order valence-electron chi connectivity index (χ4n) is 1.22. The summed E-state index contributed by atoms with van der Waals surface area (Å²) >= 11 is 5.75. The van der Waals surface area contributed by atoms with E-state index < -0.39 is 0 Å². The molecule has 1 aromatic heterocycles. The Morgan fingerprint density at radius 2 is 2.12 bits per heavy atom. The van der Waals surface area contributed by atoms with E-state index in [4.69, 9.17) is 21.4 Å². The second-order valence-corrected chi connectivity index (χ2v) is 3.39. The molecule has 0 bridgehead atoms. The second-order valence-electron chi connectivity index (χ2n) is 3.05. The fourth-order valence-corrected chi connectivity index (χ4v) is 1.36. The molecule has 0 fully saturated rings. The van der Waals surface area contributed by atoms with Gasteiger partial charge in [-0.25, -0.2) is 0 Å². The molecule has 16 heavy (non-hydrogen) atoms. The summed E-state index contributed by atoms with van der Waals surface area (Å²) in [6.07, 6.45) is 0.652. The van der Waals surface area contributed by atoms with Gasteiger partial charge in [0.1, 0.15) is 0 Å². The average molecular weight is 247 g/mol. The molecule has 0 aliphatic carbocycles. The van der Waals surface area contributed by atoms with Gasteiger partial charge in [-0.1, -0.05) is 0 Å². The number of rotatable bonds is 6. The standard InChI is InChI=1S/C9H15ClN4O2/c1-3-14(5-4-6-15)8-11-7(10)12-9(13-8)16-2/h15H,3-6H2,1-2H3. The van der Waals surface area contributed by atoms with Crippen LogP contribution < -0.4 is 9.64 Å². The van der Waals surface area contributed by atoms with Gasteiger partial charge >= 0.3 is 6.01 Å². The number of hydrogen-bond donors (Lipinski definition) is 1. The molecular weight excluding hydrogens is 232 g/mol. The van der Waals surface area contributed by atoms with E-state index in [-0.39, 0.29) is 17.9 Å². The first-order chi connectivity index (χ1) is 7.71. The third-order valence-corrected chi connectivity index (χ3v) is 2.18. The van der Waals surface area contributed by atoms with E-state index in [2.05, 4.69) is 15.0 Å². The Bertz CT molecular complexity index is 337. The molecule has 0 saturated heterocycles. The maximum atomic E-state index is 8.78. The molecule has 0 aliphatic rings. The van der Waals surface area contributed by atoms with Crippen molar-refractivity contribution in [3.05, 3.63) is 5.28 Å². The van der Waals surface area contributed by atoms with Crippen LogP contribution in [0.1, 0.15) is 13.3 Å². The van der Waals surface area contributed by atoms with Crippen molar-refractivity contribution >= 4 is 17.5 Å². The summed E-state index contributed by atoms with van der Waals surface area (Å²) in [4.78, 5) is 13.8. The molecule has 0 unspecified atom stereocenters. The molecule has 0 aromatic carbocycles. The van der Waals surface area contributed by atoms with Gasteiger partial charge in [0.15, 0.2) is 0 Å². The third-order valence-electron chi connectivity index (χ3n) is 2.01. The Balaban J connectivity index is 2.86. The van der Waals surface area contributed by atoms with E-state index in [9.17, 15) is 0 Å². The number of hydrogen-bond acceptors (Lipinski definition) is 6. The number of ether oxygens (including phenoxy) is 1. The van der Waals surface area contributed by atoms with Gasteiger partial charge < -0.3 is 14.7 Å². The van der Waals surface area contributed by atoms with Gasteiger partial charge in [0.2, 0.25) is 11.2 Å². The number of methoxy groups -OCH3 is 1. The molecule has 1 aromatic rings. The minimum Gasteiger partial charge on any atom is -0.467 e. The normalized spacial score (nSPS) is 10.2. The lowest BCUT2D eigenvalue weighted by molar-refractivity contribution is 0.289. The second kappa shape index (κ2) is 6.44. The van der Waals surface area contributed by atoms with Crippen LogP contribution in [-0.4, -0.2) is 46.9 Å². The number of aromatic nitrogens is 3. The van der Waals surface area contributed by atoms with Gasteiger partial charge in [0, 0.05) is 19.7 Å². The number of aliphatic hydroxyl groups is 1. The van der Waals surface area contributed by atoms with Crippen molar-refractivity contribution in [3.8, 4) is 6.01 Å². The summed E-state index contributed by atoms with van der Waals surface area (Å²) in [6, 6.07) is 0.192. The first-order valence-electron chi connectivity index (χ1n) is 5.02. The highest BCUT2D eigenvalue weighted by molar-refractivity contribution is 6.28. The fraction of sp³-hybridized carbons (Fsp3) is 0.667. The lowest BCUT2D eigenvalue weighted by Gasteiger charge is -2.20. The highest BCUT2D eigenvalue weighted by Crippen LogP contribution is 2.14. The van der Waals surface area contributed by atoms with Crippen LogP contribution in [0.2, 0.25) is 5.28 Å². The zero-order valence-electron chi connectivity index (χ0n) is 9.35. The summed E-state index contributed by atoms with van der Waals surface area (Å²) in [6.45, 7) is 3.49. The van der Waals surface area contributed by atoms with Crippen molar-refractivity contribution in [1.82, 2.24) is 15.0 Å². The molecule has 1 heterocycles. The van der Waals surface area contributed by atoms with Crippen molar-refractivity contribution in [2.45, 2.75) is 13.3 Å². The van der Waals surface area contributed by atoms with Gasteiger partial charge in [-0.15, -0.1) is 0 Å². The van der Waals surface area contributed by atoms with E-state index in [1.165, 1.54) is 7.11 Å². The van der Waals surface area contributed by atoms with E-state index in [1.54, 1.807) is 0 Å². The van der Waals surface area contributed by atoms with Gasteiger partial charge in [0.05, 0.1) is 7.11 Å². The zero-order chi connectivity index (χ0) is 12.0. The molecular formula is C9H15ClN4O2. The van der Waals surface area contributed by atoms with Crippen LogP contribution in [0, 0.1) is 0 Å². The monoisotopic (exact) mass is 246 g/mol. The summed E-state index contributed by atoms with van der Waals surface area (Å²) in [5.41, 5.74) is 0. The topological polar surface area (TPSA) is 71.4 Å². The van der Waals surface area contributed by atoms with Crippen molar-refractivity contribution in [2.75, 3.05) is 31.7 Å². The molecule has 1 rings (SSSR count). The Morgan fingerprint density at radius 1 is 1.38 bits per heavy atom. The largest absolute Gasteiger partial charge is 0.467 e. The Morgan fingerprint density at radius 3 is 2.69 bits per heavy atom. The van der Waals surface area contributed by atoms with Crippen LogP contribution in [0.3, 0.4) is 0 Å². The molecule has 90 valence electrons. The summed E-state index contributed by atoms with van der Waals surface area (Å²) in [5, 5.41) is 8.88. The van der Waals surface area contributed by atoms with Crippen LogP contribution in [0.25, 0.3) is 0 Å². The van der Waals surface area contributed by atoms with Crippen LogP contribution in [-0.2, 0) is 0 Å². The van der Waals surface area contributed by atoms with E-state index >= 15 is 0 Å². The highest BCUT2D eigenvalue weighted by Gasteiger charge is 2.11. The maximum Gasteiger partial charge on any atom is 0.322 e. The van der Waals surface area contributed by atoms with E-state index in [1.807, 2.05) is 11.8 Å². The lowest BCUT2D eigenvalue weighted by Crippen LogP contribution is -2.27. The van der Waals surface area contributed by atoms with Crippen molar-refractivity contribution < 1.29 is 9.84 Å². The van der Waals surface area contributed by atoms with Gasteiger partial charge in [-0.05, 0) is 24.9 Å². The summed E-state index contributed by atoms with van der Waals surface area (Å²) in [5.74, 6) is 0.466. The molecule has 1 N–H and O–H groups in total. The van der Waals surface area contributed by atoms with Gasteiger partial charge in [-0.3, -0.25) is 0 Å². The Hall–Kier alpha value is -1.14. The molecule has 0 radical (unpaired) electrons. The Labute approximate surface area is 99.3 Å². The summed E-state index contributed by atoms with van der Waals surface area (Å²) < 4.78 is 4.91. The minimum absolute atomic E-state index is 0.101. The number of anilines is 1. The minimum atomic E-state index is 0.101. The van der Waals surface area contributed by atoms with Crippen LogP contribution in [0.4, 0.5) is 5.95 Å². The van der Waals surface area contributed by atoms with Crippen molar-refractivity contribution in [1.29, 1.82) is 0 Å². The highest BCUT2D eigenvalue weighted by atomic mass is 35.5. The molecule has 0 aliphatic heterocycles. The van der Waals surface area contributed by atoms with Crippen LogP contribution >= 0.6 is 11.6 Å². The molecule has 0 atom stereocenters. The van der Waals surface area contributed by atoms with Crippen molar-refractivity contribution in [3.63, 3.8) is 0 Å². The average Bonchev–Trinajstić information content (AvgIpc) is 2.29. The SMILES string of the molecule is CCN(CCCO)c1nc(Cl)nc(OC)n1. The predicted molar refractivity (Wildman–Crippen MR) is 61.0 cm³/mol. The summed E-state index contributed by atoms with van der Waals surface area (Å²) in [7, 11) is 1.47. The third kappa shape index (κ3) is 3.46. The van der Waals surface area contributed by atoms with Crippen LogP contribution in [0.5, 0.6) is 6.01 Å². The van der Waals surface area contributed by atoms with Crippen molar-refractivity contribution in [2.24, 2.45) is 0 Å². The molecule has 0 amide bonds. The van der Waals surface area contributed by atoms with Gasteiger partial charge in [0.25, 0.3) is 0 Å². The number of nitrogens with zero attached hydrogens (tertiary/aromatic N) is 4. The first-order valence-corrected chi connectivity index (χ1v) is 5.40. The first kappa shape index (κ1) is 12.9. The van der Waals surface area contributed by atoms with E-state index in [0.29, 0.717) is 18.9 Å². The molecule has 6 nitrogen and oxygen atoms in total. The lowest BCUT2D eigenvalue weighted by atomic mass is 10.4. The maximum absolute atomic E-state index is 8.78. The predicted octanol–water partition coefficient (Wildman–Crippen LogP) is 0.742. The van der Waals surface area contributed by atoms with E-state index in [0.717, 1.165) is 6.54 Å². The smallest absolute Gasteiger partial charge is 0.322 e. The Kier molecular flexibility index (Phi) is 5.21. The van der Waals surface area contributed by atoms with Gasteiger partial charge in [-0.2, -0.15) is 15.0 Å². The molecule has 0 spiro atoms.